The van der Waals surface area contributed by atoms with Gasteiger partial charge in [0.2, 0.25) is 0 Å². The van der Waals surface area contributed by atoms with E-state index in [0.717, 1.165) is 18.8 Å². The number of hydrogen-bond donors (Lipinski definition) is 2. The van der Waals surface area contributed by atoms with Crippen molar-refractivity contribution in [2.75, 3.05) is 13.2 Å². The van der Waals surface area contributed by atoms with Gasteiger partial charge in [-0.1, -0.05) is 0 Å². The first kappa shape index (κ1) is 10.6. The summed E-state index contributed by atoms with van der Waals surface area (Å²) >= 11 is 0. The molecule has 1 aromatic heterocycles. The average Bonchev–Trinajstić information content (AvgIpc) is 2.85. The molecule has 2 N–H and O–H groups in total. The van der Waals surface area contributed by atoms with E-state index in [0.29, 0.717) is 18.1 Å². The van der Waals surface area contributed by atoms with Crippen LogP contribution >= 0.6 is 0 Å². The molecule has 0 aromatic carbocycles. The van der Waals surface area contributed by atoms with E-state index in [-0.39, 0.29) is 0 Å². The highest BCUT2D eigenvalue weighted by molar-refractivity contribution is 5.02. The molecule has 1 fully saturated rings. The molecule has 0 radical (unpaired) electrons. The Morgan fingerprint density at radius 1 is 1.73 bits per heavy atom. The first-order chi connectivity index (χ1) is 7.27. The van der Waals surface area contributed by atoms with Gasteiger partial charge in [-0.15, -0.1) is 0 Å². The Labute approximate surface area is 90.4 Å². The van der Waals surface area contributed by atoms with Gasteiger partial charge in [-0.05, 0) is 32.3 Å². The van der Waals surface area contributed by atoms with Crippen LogP contribution in [0.5, 0.6) is 0 Å². The topological polar surface area (TPSA) is 49.9 Å². The second-order valence-electron chi connectivity index (χ2n) is 4.27. The molecule has 84 valence electrons. The number of hydrogen-bond acceptors (Lipinski definition) is 3. The molecule has 0 aliphatic carbocycles. The van der Waals surface area contributed by atoms with Crippen LogP contribution in [0.1, 0.15) is 32.0 Å². The Balaban J connectivity index is 1.78. The molecule has 4 heteroatoms. The van der Waals surface area contributed by atoms with Crippen LogP contribution in [0.4, 0.5) is 0 Å². The molecule has 4 nitrogen and oxygen atoms in total. The first-order valence-electron chi connectivity index (χ1n) is 5.61. The molecule has 1 aromatic rings. The fourth-order valence-electron chi connectivity index (χ4n) is 1.99. The van der Waals surface area contributed by atoms with E-state index in [1.807, 2.05) is 6.07 Å². The summed E-state index contributed by atoms with van der Waals surface area (Å²) in [6.45, 7) is 6.22. The lowest BCUT2D eigenvalue weighted by Gasteiger charge is -2.18. The number of ether oxygens (including phenoxy) is 1. The van der Waals surface area contributed by atoms with Crippen molar-refractivity contribution in [3.63, 3.8) is 0 Å². The number of nitrogens with zero attached hydrogens (tertiary/aromatic N) is 1. The summed E-state index contributed by atoms with van der Waals surface area (Å²) in [7, 11) is 0. The van der Waals surface area contributed by atoms with Crippen LogP contribution in [0.3, 0.4) is 0 Å². The summed E-state index contributed by atoms with van der Waals surface area (Å²) in [5, 5.41) is 10.4. The predicted octanol–water partition coefficient (Wildman–Crippen LogP) is 1.49. The van der Waals surface area contributed by atoms with Gasteiger partial charge >= 0.3 is 0 Å². The Hall–Kier alpha value is -0.870. The van der Waals surface area contributed by atoms with Crippen molar-refractivity contribution in [1.82, 2.24) is 15.5 Å². The number of nitrogens with one attached hydrogen (secondary N) is 2. The fraction of sp³-hybridized carbons (Fsp3) is 0.727. The molecular weight excluding hydrogens is 190 g/mol. The molecule has 3 atom stereocenters. The van der Waals surface area contributed by atoms with Crippen LogP contribution in [0.25, 0.3) is 0 Å². The minimum atomic E-state index is 0.334. The smallest absolute Gasteiger partial charge is 0.0588 e. The number of aromatic nitrogens is 2. The zero-order chi connectivity index (χ0) is 10.7. The third-order valence-electron chi connectivity index (χ3n) is 3.21. The van der Waals surface area contributed by atoms with E-state index in [9.17, 15) is 0 Å². The molecule has 0 bridgehead atoms. The van der Waals surface area contributed by atoms with Gasteiger partial charge in [-0.2, -0.15) is 5.10 Å². The molecule has 2 heterocycles. The number of rotatable bonds is 4. The van der Waals surface area contributed by atoms with Crippen LogP contribution in [0.2, 0.25) is 0 Å². The molecule has 2 rings (SSSR count). The third kappa shape index (κ3) is 2.58. The summed E-state index contributed by atoms with van der Waals surface area (Å²) < 4.78 is 5.53. The van der Waals surface area contributed by atoms with Gasteiger partial charge in [0.05, 0.1) is 11.8 Å². The molecule has 1 aliphatic heterocycles. The molecule has 0 amide bonds. The SMILES string of the molecule is CC(NCC1CCOC1C)c1ccn[nH]1. The summed E-state index contributed by atoms with van der Waals surface area (Å²) in [6.07, 6.45) is 3.35. The molecule has 0 spiro atoms. The second-order valence-corrected chi connectivity index (χ2v) is 4.27. The van der Waals surface area contributed by atoms with Crippen molar-refractivity contribution >= 4 is 0 Å². The van der Waals surface area contributed by atoms with Crippen molar-refractivity contribution in [3.8, 4) is 0 Å². The maximum Gasteiger partial charge on any atom is 0.0588 e. The van der Waals surface area contributed by atoms with Gasteiger partial charge in [-0.25, -0.2) is 0 Å². The maximum absolute atomic E-state index is 5.53. The van der Waals surface area contributed by atoms with E-state index in [1.165, 1.54) is 6.42 Å². The van der Waals surface area contributed by atoms with Crippen molar-refractivity contribution in [3.05, 3.63) is 18.0 Å². The van der Waals surface area contributed by atoms with E-state index in [1.54, 1.807) is 6.20 Å². The second kappa shape index (κ2) is 4.77. The van der Waals surface area contributed by atoms with Crippen molar-refractivity contribution < 1.29 is 4.74 Å². The maximum atomic E-state index is 5.53. The molecular formula is C11H19N3O. The van der Waals surface area contributed by atoms with E-state index >= 15 is 0 Å². The minimum absolute atomic E-state index is 0.334. The molecule has 1 aliphatic rings. The first-order valence-corrected chi connectivity index (χ1v) is 5.61. The van der Waals surface area contributed by atoms with Gasteiger partial charge in [0.1, 0.15) is 0 Å². The summed E-state index contributed by atoms with van der Waals surface area (Å²) in [5.41, 5.74) is 1.14. The average molecular weight is 209 g/mol. The highest BCUT2D eigenvalue weighted by Crippen LogP contribution is 2.20. The zero-order valence-corrected chi connectivity index (χ0v) is 9.36. The molecule has 3 unspecified atom stereocenters. The van der Waals surface area contributed by atoms with Crippen LogP contribution in [-0.4, -0.2) is 29.5 Å². The van der Waals surface area contributed by atoms with E-state index < -0.39 is 0 Å². The largest absolute Gasteiger partial charge is 0.378 e. The summed E-state index contributed by atoms with van der Waals surface area (Å²) in [4.78, 5) is 0. The monoisotopic (exact) mass is 209 g/mol. The van der Waals surface area contributed by atoms with Crippen molar-refractivity contribution in [2.24, 2.45) is 5.92 Å². The van der Waals surface area contributed by atoms with Crippen LogP contribution in [-0.2, 0) is 4.74 Å². The lowest BCUT2D eigenvalue weighted by Crippen LogP contribution is -2.29. The number of H-pyrrole nitrogens is 1. The zero-order valence-electron chi connectivity index (χ0n) is 9.36. The van der Waals surface area contributed by atoms with E-state index in [4.69, 9.17) is 4.74 Å². The van der Waals surface area contributed by atoms with Gasteiger partial charge in [0.25, 0.3) is 0 Å². The van der Waals surface area contributed by atoms with Crippen molar-refractivity contribution in [1.29, 1.82) is 0 Å². The van der Waals surface area contributed by atoms with Gasteiger partial charge in [0.15, 0.2) is 0 Å². The van der Waals surface area contributed by atoms with Gasteiger partial charge < -0.3 is 10.1 Å². The molecule has 15 heavy (non-hydrogen) atoms. The molecule has 1 saturated heterocycles. The Morgan fingerprint density at radius 2 is 2.60 bits per heavy atom. The summed E-state index contributed by atoms with van der Waals surface area (Å²) in [5.74, 6) is 0.648. The van der Waals surface area contributed by atoms with Gasteiger partial charge in [-0.3, -0.25) is 5.10 Å². The predicted molar refractivity (Wildman–Crippen MR) is 58.5 cm³/mol. The fourth-order valence-corrected chi connectivity index (χ4v) is 1.99. The molecule has 0 saturated carbocycles. The van der Waals surface area contributed by atoms with E-state index in [2.05, 4.69) is 29.4 Å². The minimum Gasteiger partial charge on any atom is -0.378 e. The Bertz CT molecular complexity index is 286. The van der Waals surface area contributed by atoms with Crippen LogP contribution in [0.15, 0.2) is 12.3 Å². The highest BCUT2D eigenvalue weighted by Gasteiger charge is 2.24. The normalized spacial score (nSPS) is 28.1. The van der Waals surface area contributed by atoms with Crippen LogP contribution < -0.4 is 5.32 Å². The standard InChI is InChI=1S/C11H19N3O/c1-8(11-3-5-13-14-11)12-7-10-4-6-15-9(10)2/h3,5,8-10,12H,4,6-7H2,1-2H3,(H,13,14). The number of aromatic amines is 1. The highest BCUT2D eigenvalue weighted by atomic mass is 16.5. The lowest BCUT2D eigenvalue weighted by atomic mass is 10.0. The van der Waals surface area contributed by atoms with Crippen LogP contribution in [0, 0.1) is 5.92 Å². The third-order valence-corrected chi connectivity index (χ3v) is 3.21. The lowest BCUT2D eigenvalue weighted by molar-refractivity contribution is 0.105. The Morgan fingerprint density at radius 3 is 3.20 bits per heavy atom. The van der Waals surface area contributed by atoms with Crippen molar-refractivity contribution in [2.45, 2.75) is 32.4 Å². The Kier molecular flexibility index (Phi) is 3.38. The quantitative estimate of drug-likeness (QED) is 0.789. The summed E-state index contributed by atoms with van der Waals surface area (Å²) in [6, 6.07) is 2.34. The van der Waals surface area contributed by atoms with Gasteiger partial charge in [0, 0.05) is 25.4 Å².